The van der Waals surface area contributed by atoms with Crippen molar-refractivity contribution in [1.29, 1.82) is 0 Å². The van der Waals surface area contributed by atoms with Crippen LogP contribution in [0, 0.1) is 0 Å². The average Bonchev–Trinajstić information content (AvgIpc) is 2.12. The van der Waals surface area contributed by atoms with E-state index in [0.717, 1.165) is 5.69 Å². The van der Waals surface area contributed by atoms with Gasteiger partial charge in [0.05, 0.1) is 5.69 Å². The fourth-order valence-electron chi connectivity index (χ4n) is 0.433. The van der Waals surface area contributed by atoms with Crippen LogP contribution in [0.3, 0.4) is 0 Å². The third-order valence-corrected chi connectivity index (χ3v) is 0.902. The molecular weight excluding hydrogens is 140 g/mol. The molecule has 52 valence electrons. The molecule has 1 aromatic rings. The summed E-state index contributed by atoms with van der Waals surface area (Å²) in [6, 6.07) is -0.0197. The van der Waals surface area contributed by atoms with Gasteiger partial charge >= 0.3 is 0 Å². The number of nitrogens with one attached hydrogen (secondary N) is 1. The Morgan fingerprint density at radius 3 is 2.67 bits per heavy atom. The number of hydrogen-bond acceptors (Lipinski definition) is 3. The molecule has 3 N–H and O–H groups in total. The molecule has 4 nitrogen and oxygen atoms in total. The van der Waals surface area contributed by atoms with Crippen LogP contribution in [0.2, 0.25) is 0 Å². The molecule has 0 aliphatic heterocycles. The predicted molar refractivity (Wildman–Crippen MR) is 36.2 cm³/mol. The smallest absolute Gasteiger partial charge is 0.0988 e. The van der Waals surface area contributed by atoms with Crippen molar-refractivity contribution in [2.24, 2.45) is 5.73 Å². The Balaban J connectivity index is 0.000000640. The molecule has 1 unspecified atom stereocenters. The summed E-state index contributed by atoms with van der Waals surface area (Å²) in [5.41, 5.74) is 6.23. The summed E-state index contributed by atoms with van der Waals surface area (Å²) < 4.78 is 0. The molecule has 1 heterocycles. The standard InChI is InChI=1S/C4H8N4.ClH/c1-3(5)4-2-6-8-7-4;/h2-3H,5H2,1H3,(H,6,7,8);1H. The first-order valence-electron chi connectivity index (χ1n) is 2.42. The summed E-state index contributed by atoms with van der Waals surface area (Å²) in [7, 11) is 0. The summed E-state index contributed by atoms with van der Waals surface area (Å²) >= 11 is 0. The molecular formula is C4H9ClN4. The Kier molecular flexibility index (Phi) is 3.19. The molecule has 0 saturated carbocycles. The van der Waals surface area contributed by atoms with E-state index in [1.807, 2.05) is 6.92 Å². The monoisotopic (exact) mass is 148 g/mol. The van der Waals surface area contributed by atoms with Gasteiger partial charge in [-0.3, -0.25) is 5.10 Å². The first-order chi connectivity index (χ1) is 3.80. The van der Waals surface area contributed by atoms with Gasteiger partial charge < -0.3 is 5.73 Å². The molecule has 0 aliphatic carbocycles. The summed E-state index contributed by atoms with van der Waals surface area (Å²) in [6.45, 7) is 1.86. The summed E-state index contributed by atoms with van der Waals surface area (Å²) in [6.07, 6.45) is 1.69. The van der Waals surface area contributed by atoms with Crippen LogP contribution in [-0.4, -0.2) is 15.4 Å². The van der Waals surface area contributed by atoms with Crippen LogP contribution in [0.25, 0.3) is 0 Å². The highest BCUT2D eigenvalue weighted by atomic mass is 35.5. The van der Waals surface area contributed by atoms with E-state index in [-0.39, 0.29) is 18.4 Å². The Morgan fingerprint density at radius 1 is 1.78 bits per heavy atom. The normalized spacial score (nSPS) is 12.2. The fourth-order valence-corrected chi connectivity index (χ4v) is 0.433. The van der Waals surface area contributed by atoms with E-state index in [0.29, 0.717) is 0 Å². The lowest BCUT2D eigenvalue weighted by molar-refractivity contribution is 0.769. The molecule has 0 saturated heterocycles. The summed E-state index contributed by atoms with van der Waals surface area (Å²) in [4.78, 5) is 0. The zero-order valence-corrected chi connectivity index (χ0v) is 5.85. The second-order valence-electron chi connectivity index (χ2n) is 1.69. The van der Waals surface area contributed by atoms with Gasteiger partial charge in [-0.25, -0.2) is 0 Å². The van der Waals surface area contributed by atoms with Crippen molar-refractivity contribution < 1.29 is 0 Å². The highest BCUT2D eigenvalue weighted by molar-refractivity contribution is 5.85. The number of halogens is 1. The maximum atomic E-state index is 5.44. The Morgan fingerprint density at radius 2 is 2.44 bits per heavy atom. The quantitative estimate of drug-likeness (QED) is 0.600. The molecule has 0 spiro atoms. The van der Waals surface area contributed by atoms with Gasteiger partial charge in [0, 0.05) is 12.2 Å². The lowest BCUT2D eigenvalue weighted by Crippen LogP contribution is -2.04. The first kappa shape index (κ1) is 8.39. The van der Waals surface area contributed by atoms with E-state index in [9.17, 15) is 0 Å². The number of aromatic amines is 1. The van der Waals surface area contributed by atoms with Gasteiger partial charge in [0.1, 0.15) is 0 Å². The Hall–Kier alpha value is -0.610. The van der Waals surface area contributed by atoms with Crippen molar-refractivity contribution in [2.45, 2.75) is 13.0 Å². The number of nitrogens with zero attached hydrogens (tertiary/aromatic N) is 2. The first-order valence-corrected chi connectivity index (χ1v) is 2.42. The summed E-state index contributed by atoms with van der Waals surface area (Å²) in [5, 5.41) is 9.74. The lowest BCUT2D eigenvalue weighted by atomic mass is 10.3. The zero-order valence-electron chi connectivity index (χ0n) is 5.03. The molecule has 0 amide bonds. The number of aromatic nitrogens is 3. The van der Waals surface area contributed by atoms with Crippen LogP contribution in [-0.2, 0) is 0 Å². The predicted octanol–water partition coefficient (Wildman–Crippen LogP) is 0.246. The minimum absolute atomic E-state index is 0. The van der Waals surface area contributed by atoms with Gasteiger partial charge in [-0.2, -0.15) is 0 Å². The van der Waals surface area contributed by atoms with Crippen LogP contribution < -0.4 is 5.73 Å². The third-order valence-electron chi connectivity index (χ3n) is 0.902. The molecule has 0 fully saturated rings. The Labute approximate surface area is 59.2 Å². The maximum absolute atomic E-state index is 5.44. The highest BCUT2D eigenvalue weighted by Crippen LogP contribution is 1.99. The van der Waals surface area contributed by atoms with Crippen LogP contribution in [0.4, 0.5) is 0 Å². The molecule has 1 atom stereocenters. The molecule has 5 heteroatoms. The van der Waals surface area contributed by atoms with Gasteiger partial charge in [0.2, 0.25) is 0 Å². The van der Waals surface area contributed by atoms with Crippen molar-refractivity contribution in [3.63, 3.8) is 0 Å². The second kappa shape index (κ2) is 3.42. The topological polar surface area (TPSA) is 67.6 Å². The second-order valence-corrected chi connectivity index (χ2v) is 1.69. The molecule has 0 aliphatic rings. The molecule has 0 bridgehead atoms. The maximum Gasteiger partial charge on any atom is 0.0988 e. The zero-order chi connectivity index (χ0) is 5.98. The van der Waals surface area contributed by atoms with Crippen molar-refractivity contribution in [3.05, 3.63) is 11.9 Å². The number of nitrogens with two attached hydrogens (primary N) is 1. The number of H-pyrrole nitrogens is 1. The van der Waals surface area contributed by atoms with Crippen molar-refractivity contribution >= 4 is 12.4 Å². The van der Waals surface area contributed by atoms with E-state index >= 15 is 0 Å². The third kappa shape index (κ3) is 1.99. The van der Waals surface area contributed by atoms with Gasteiger partial charge in [-0.1, -0.05) is 5.21 Å². The Bertz CT molecular complexity index is 148. The molecule has 1 rings (SSSR count). The fraction of sp³-hybridized carbons (Fsp3) is 0.500. The molecule has 9 heavy (non-hydrogen) atoms. The summed E-state index contributed by atoms with van der Waals surface area (Å²) in [5.74, 6) is 0. The largest absolute Gasteiger partial charge is 0.323 e. The van der Waals surface area contributed by atoms with E-state index in [4.69, 9.17) is 5.73 Å². The van der Waals surface area contributed by atoms with E-state index in [1.54, 1.807) is 6.20 Å². The highest BCUT2D eigenvalue weighted by Gasteiger charge is 1.98. The average molecular weight is 149 g/mol. The van der Waals surface area contributed by atoms with E-state index in [2.05, 4.69) is 15.4 Å². The van der Waals surface area contributed by atoms with Crippen molar-refractivity contribution in [1.82, 2.24) is 15.4 Å². The van der Waals surface area contributed by atoms with Crippen LogP contribution in [0.5, 0.6) is 0 Å². The van der Waals surface area contributed by atoms with Crippen molar-refractivity contribution in [2.75, 3.05) is 0 Å². The van der Waals surface area contributed by atoms with Gasteiger partial charge in [0.15, 0.2) is 0 Å². The number of rotatable bonds is 1. The lowest BCUT2D eigenvalue weighted by Gasteiger charge is -1.93. The van der Waals surface area contributed by atoms with Crippen LogP contribution in [0.15, 0.2) is 6.20 Å². The minimum atomic E-state index is -0.0197. The van der Waals surface area contributed by atoms with E-state index in [1.165, 1.54) is 0 Å². The van der Waals surface area contributed by atoms with Gasteiger partial charge in [-0.05, 0) is 6.92 Å². The molecule has 0 radical (unpaired) electrons. The van der Waals surface area contributed by atoms with E-state index < -0.39 is 0 Å². The van der Waals surface area contributed by atoms with Crippen LogP contribution >= 0.6 is 12.4 Å². The molecule has 0 aromatic carbocycles. The van der Waals surface area contributed by atoms with Gasteiger partial charge in [0.25, 0.3) is 0 Å². The van der Waals surface area contributed by atoms with Gasteiger partial charge in [-0.15, -0.1) is 17.5 Å². The SMILES string of the molecule is CC(N)c1c[nH]nn1.Cl. The minimum Gasteiger partial charge on any atom is -0.323 e. The van der Waals surface area contributed by atoms with Crippen LogP contribution in [0.1, 0.15) is 18.7 Å². The van der Waals surface area contributed by atoms with Crippen molar-refractivity contribution in [3.8, 4) is 0 Å². The number of hydrogen-bond donors (Lipinski definition) is 2. The molecule has 1 aromatic heterocycles.